The third-order valence-electron chi connectivity index (χ3n) is 3.80. The molecule has 16 heavy (non-hydrogen) atoms. The van der Waals surface area contributed by atoms with Gasteiger partial charge in [0.25, 0.3) is 0 Å². The number of fused-ring (bicyclic) bond motifs is 3. The van der Waals surface area contributed by atoms with Crippen molar-refractivity contribution in [3.05, 3.63) is 35.3 Å². The molecular weight excluding hydrogens is 196 g/mol. The molecular formula is C14H18N2. The minimum Gasteiger partial charge on any atom is -0.303 e. The highest BCUT2D eigenvalue weighted by Gasteiger charge is 2.39. The van der Waals surface area contributed by atoms with Gasteiger partial charge in [-0.15, -0.1) is 0 Å². The van der Waals surface area contributed by atoms with Crippen molar-refractivity contribution in [3.8, 4) is 0 Å². The van der Waals surface area contributed by atoms with Crippen LogP contribution in [-0.4, -0.2) is 9.38 Å². The summed E-state index contributed by atoms with van der Waals surface area (Å²) in [4.78, 5) is 4.83. The maximum atomic E-state index is 4.83. The Hall–Kier alpha value is -1.31. The van der Waals surface area contributed by atoms with Gasteiger partial charge in [-0.3, -0.25) is 0 Å². The Morgan fingerprint density at radius 1 is 1.44 bits per heavy atom. The van der Waals surface area contributed by atoms with Crippen LogP contribution in [0.5, 0.6) is 0 Å². The van der Waals surface area contributed by atoms with Gasteiger partial charge >= 0.3 is 0 Å². The third-order valence-corrected chi connectivity index (χ3v) is 3.80. The number of aryl methyl sites for hydroxylation is 1. The lowest BCUT2D eigenvalue weighted by Crippen LogP contribution is -2.15. The molecule has 0 radical (unpaired) electrons. The second-order valence-electron chi connectivity index (χ2n) is 5.72. The Bertz CT molecular complexity index is 563. The number of hydrogen-bond acceptors (Lipinski definition) is 1. The molecule has 1 aliphatic carbocycles. The smallest absolute Gasteiger partial charge is 0.140 e. The van der Waals surface area contributed by atoms with E-state index in [0.717, 1.165) is 5.65 Å². The molecule has 0 saturated carbocycles. The summed E-state index contributed by atoms with van der Waals surface area (Å²) in [5, 5.41) is 0. The van der Waals surface area contributed by atoms with Gasteiger partial charge in [-0.2, -0.15) is 0 Å². The Labute approximate surface area is 96.3 Å². The van der Waals surface area contributed by atoms with Crippen LogP contribution in [-0.2, 0) is 5.41 Å². The minimum absolute atomic E-state index is 0.252. The monoisotopic (exact) mass is 214 g/mol. The van der Waals surface area contributed by atoms with Gasteiger partial charge in [-0.1, -0.05) is 26.8 Å². The Morgan fingerprint density at radius 2 is 2.19 bits per heavy atom. The van der Waals surface area contributed by atoms with Crippen molar-refractivity contribution in [2.24, 2.45) is 0 Å². The fourth-order valence-corrected chi connectivity index (χ4v) is 3.20. The SMILES string of the molecule is Cc1cccn2c3c(nc12)C(C)CC3(C)C. The largest absolute Gasteiger partial charge is 0.303 e. The lowest BCUT2D eigenvalue weighted by Gasteiger charge is -2.19. The van der Waals surface area contributed by atoms with Crippen LogP contribution in [0.2, 0.25) is 0 Å². The van der Waals surface area contributed by atoms with Crippen LogP contribution in [0, 0.1) is 6.92 Å². The van der Waals surface area contributed by atoms with Crippen molar-refractivity contribution in [1.29, 1.82) is 0 Å². The van der Waals surface area contributed by atoms with E-state index in [1.165, 1.54) is 23.4 Å². The van der Waals surface area contributed by atoms with E-state index < -0.39 is 0 Å². The van der Waals surface area contributed by atoms with Gasteiger partial charge in [0.1, 0.15) is 5.65 Å². The summed E-state index contributed by atoms with van der Waals surface area (Å²) in [6.07, 6.45) is 3.36. The summed E-state index contributed by atoms with van der Waals surface area (Å²) in [5.74, 6) is 0.587. The van der Waals surface area contributed by atoms with Crippen LogP contribution >= 0.6 is 0 Å². The van der Waals surface area contributed by atoms with Gasteiger partial charge in [0.2, 0.25) is 0 Å². The van der Waals surface area contributed by atoms with E-state index in [-0.39, 0.29) is 5.41 Å². The highest BCUT2D eigenvalue weighted by Crippen LogP contribution is 2.45. The Balaban J connectivity index is 2.42. The molecule has 3 rings (SSSR count). The molecule has 2 heteroatoms. The van der Waals surface area contributed by atoms with Crippen molar-refractivity contribution < 1.29 is 0 Å². The molecule has 1 atom stereocenters. The number of pyridine rings is 1. The predicted octanol–water partition coefficient (Wildman–Crippen LogP) is 3.43. The quantitative estimate of drug-likeness (QED) is 0.656. The van der Waals surface area contributed by atoms with E-state index in [9.17, 15) is 0 Å². The molecule has 1 unspecified atom stereocenters. The van der Waals surface area contributed by atoms with Gasteiger partial charge in [0.15, 0.2) is 0 Å². The topological polar surface area (TPSA) is 17.3 Å². The predicted molar refractivity (Wildman–Crippen MR) is 66.0 cm³/mol. The summed E-state index contributed by atoms with van der Waals surface area (Å²) in [7, 11) is 0. The molecule has 0 aliphatic heterocycles. The summed E-state index contributed by atoms with van der Waals surface area (Å²) < 4.78 is 2.29. The van der Waals surface area contributed by atoms with Crippen molar-refractivity contribution in [1.82, 2.24) is 9.38 Å². The first-order chi connectivity index (χ1) is 7.50. The normalized spacial score (nSPS) is 22.6. The Morgan fingerprint density at radius 3 is 2.94 bits per heavy atom. The van der Waals surface area contributed by atoms with Gasteiger partial charge in [-0.25, -0.2) is 4.98 Å². The van der Waals surface area contributed by atoms with E-state index in [1.807, 2.05) is 0 Å². The molecule has 0 saturated heterocycles. The zero-order valence-electron chi connectivity index (χ0n) is 10.4. The average Bonchev–Trinajstić information content (AvgIpc) is 2.66. The highest BCUT2D eigenvalue weighted by atomic mass is 15.0. The van der Waals surface area contributed by atoms with Crippen LogP contribution in [0.4, 0.5) is 0 Å². The van der Waals surface area contributed by atoms with E-state index in [4.69, 9.17) is 4.98 Å². The van der Waals surface area contributed by atoms with Crippen molar-refractivity contribution >= 4 is 5.65 Å². The fraction of sp³-hybridized carbons (Fsp3) is 0.500. The third kappa shape index (κ3) is 1.10. The van der Waals surface area contributed by atoms with Gasteiger partial charge < -0.3 is 4.40 Å². The lowest BCUT2D eigenvalue weighted by atomic mass is 9.89. The van der Waals surface area contributed by atoms with E-state index in [0.29, 0.717) is 5.92 Å². The molecule has 2 aromatic heterocycles. The molecule has 84 valence electrons. The molecule has 2 heterocycles. The lowest BCUT2D eigenvalue weighted by molar-refractivity contribution is 0.473. The standard InChI is InChI=1S/C14H18N2/c1-9-6-5-7-16-12-11(15-13(9)16)10(2)8-14(12,3)4/h5-7,10H,8H2,1-4H3. The molecule has 0 N–H and O–H groups in total. The molecule has 0 fully saturated rings. The van der Waals surface area contributed by atoms with Gasteiger partial charge in [0, 0.05) is 17.5 Å². The number of rotatable bonds is 0. The first kappa shape index (κ1) is 9.88. The maximum Gasteiger partial charge on any atom is 0.140 e. The first-order valence-electron chi connectivity index (χ1n) is 5.99. The molecule has 2 nitrogen and oxygen atoms in total. The fourth-order valence-electron chi connectivity index (χ4n) is 3.20. The second-order valence-corrected chi connectivity index (χ2v) is 5.72. The van der Waals surface area contributed by atoms with Crippen LogP contribution in [0.25, 0.3) is 5.65 Å². The summed E-state index contributed by atoms with van der Waals surface area (Å²) >= 11 is 0. The summed E-state index contributed by atoms with van der Waals surface area (Å²) in [5.41, 5.74) is 5.37. The summed E-state index contributed by atoms with van der Waals surface area (Å²) in [6, 6.07) is 4.25. The maximum absolute atomic E-state index is 4.83. The number of nitrogens with zero attached hydrogens (tertiary/aromatic N) is 2. The van der Waals surface area contributed by atoms with Crippen LogP contribution < -0.4 is 0 Å². The van der Waals surface area contributed by atoms with Crippen molar-refractivity contribution in [2.45, 2.75) is 45.4 Å². The molecule has 0 aromatic carbocycles. The zero-order chi connectivity index (χ0) is 11.5. The zero-order valence-corrected chi connectivity index (χ0v) is 10.4. The van der Waals surface area contributed by atoms with Crippen molar-refractivity contribution in [2.75, 3.05) is 0 Å². The summed E-state index contributed by atoms with van der Waals surface area (Å²) in [6.45, 7) is 9.07. The second kappa shape index (κ2) is 2.88. The van der Waals surface area contributed by atoms with Gasteiger partial charge in [0.05, 0.1) is 11.4 Å². The molecule has 0 bridgehead atoms. The van der Waals surface area contributed by atoms with E-state index in [1.54, 1.807) is 0 Å². The van der Waals surface area contributed by atoms with E-state index >= 15 is 0 Å². The molecule has 1 aliphatic rings. The molecule has 2 aromatic rings. The van der Waals surface area contributed by atoms with E-state index in [2.05, 4.69) is 50.4 Å². The van der Waals surface area contributed by atoms with Crippen LogP contribution in [0.1, 0.15) is 50.1 Å². The van der Waals surface area contributed by atoms with Crippen LogP contribution in [0.15, 0.2) is 18.3 Å². The number of imidazole rings is 1. The number of aromatic nitrogens is 2. The van der Waals surface area contributed by atoms with Crippen molar-refractivity contribution in [3.63, 3.8) is 0 Å². The van der Waals surface area contributed by atoms with Crippen LogP contribution in [0.3, 0.4) is 0 Å². The number of hydrogen-bond donors (Lipinski definition) is 0. The van der Waals surface area contributed by atoms with Gasteiger partial charge in [-0.05, 0) is 25.0 Å². The first-order valence-corrected chi connectivity index (χ1v) is 5.99. The highest BCUT2D eigenvalue weighted by molar-refractivity contribution is 5.53. The average molecular weight is 214 g/mol. The Kier molecular flexibility index (Phi) is 1.78. The molecule has 0 spiro atoms. The molecule has 0 amide bonds. The minimum atomic E-state index is 0.252.